The van der Waals surface area contributed by atoms with Crippen LogP contribution in [-0.2, 0) is 0 Å². The van der Waals surface area contributed by atoms with Crippen molar-refractivity contribution >= 4 is 79.4 Å². The Morgan fingerprint density at radius 3 is 0.895 bits per heavy atom. The van der Waals surface area contributed by atoms with Gasteiger partial charge in [0.2, 0.25) is 0 Å². The van der Waals surface area contributed by atoms with E-state index in [1.54, 1.807) is 0 Å². The van der Waals surface area contributed by atoms with Crippen LogP contribution in [0, 0.1) is 0 Å². The zero-order valence-electron chi connectivity index (χ0n) is 31.6. The predicted octanol–water partition coefficient (Wildman–Crippen LogP) is 7.54. The topological polar surface area (TPSA) is 4.93 Å². The maximum Gasteiger partial charge on any atom is 0.181 e. The molecule has 1 aromatic heterocycles. The largest absolute Gasteiger partial charge is 0.309 e. The molecule has 0 spiro atoms. The highest BCUT2D eigenvalue weighted by atomic mass is 28.3. The lowest BCUT2D eigenvalue weighted by Gasteiger charge is -2.38. The average Bonchev–Trinajstić information content (AvgIpc) is 3.64. The minimum Gasteiger partial charge on any atom is -0.309 e. The van der Waals surface area contributed by atoms with Gasteiger partial charge < -0.3 is 4.57 Å². The van der Waals surface area contributed by atoms with Crippen molar-refractivity contribution in [2.24, 2.45) is 0 Å². The van der Waals surface area contributed by atoms with Crippen LogP contribution in [0.2, 0.25) is 0 Å². The third kappa shape index (κ3) is 5.58. The van der Waals surface area contributed by atoms with E-state index in [4.69, 9.17) is 0 Å². The number of nitrogens with zero attached hydrogens (tertiary/aromatic N) is 1. The maximum atomic E-state index is 2.60. The highest BCUT2D eigenvalue weighted by Gasteiger charge is 2.46. The fourth-order valence-electron chi connectivity index (χ4n) is 9.54. The van der Waals surface area contributed by atoms with Crippen molar-refractivity contribution in [1.29, 1.82) is 0 Å². The minimum atomic E-state index is -3.00. The molecule has 0 fully saturated rings. The van der Waals surface area contributed by atoms with E-state index in [2.05, 4.69) is 253 Å². The Bertz CT molecular complexity index is 2680. The molecule has 0 saturated carbocycles. The number of hydrogen-bond acceptors (Lipinski definition) is 0. The van der Waals surface area contributed by atoms with Gasteiger partial charge in [-0.2, -0.15) is 0 Å². The second-order valence-electron chi connectivity index (χ2n) is 14.8. The zero-order chi connectivity index (χ0) is 38.1. The lowest BCUT2D eigenvalue weighted by molar-refractivity contribution is 1.19. The fourth-order valence-corrected chi connectivity index (χ4v) is 19.2. The van der Waals surface area contributed by atoms with E-state index in [9.17, 15) is 0 Å². The third-order valence-electron chi connectivity index (χ3n) is 11.9. The van der Waals surface area contributed by atoms with Gasteiger partial charge in [-0.3, -0.25) is 0 Å². The molecule has 3 heteroatoms. The van der Waals surface area contributed by atoms with E-state index in [0.717, 1.165) is 0 Å². The molecular weight excluding hydrogens is 719 g/mol. The molecule has 0 bridgehead atoms. The summed E-state index contributed by atoms with van der Waals surface area (Å²) in [6.07, 6.45) is 0. The summed E-state index contributed by atoms with van der Waals surface area (Å²) in [5.41, 5.74) is 3.65. The highest BCUT2D eigenvalue weighted by Crippen LogP contribution is 2.32. The summed E-state index contributed by atoms with van der Waals surface area (Å²) in [6, 6.07) is 93.3. The summed E-state index contributed by atoms with van der Waals surface area (Å²) in [7, 11) is -5.90. The van der Waals surface area contributed by atoms with Crippen molar-refractivity contribution in [3.63, 3.8) is 0 Å². The molecule has 10 aromatic rings. The molecule has 0 amide bonds. The van der Waals surface area contributed by atoms with Crippen molar-refractivity contribution < 1.29 is 0 Å². The standard InChI is InChI=1S/C54H41NSi2/c1-7-23-42(24-8-1)56(43-25-9-2-10-26-43,44-27-11-3-12-28-44)48-39-40-54(53(41-48)55-51-37-21-19-35-49(51)50-36-20-22-38-52(50)55)57(45-29-13-4-14-30-45,46-31-15-5-16-32-46)47-33-17-6-18-34-47/h1-41H. The van der Waals surface area contributed by atoms with E-state index in [1.165, 1.54) is 69.0 Å². The van der Waals surface area contributed by atoms with Gasteiger partial charge in [0.05, 0.1) is 11.0 Å². The number of aromatic nitrogens is 1. The Hall–Kier alpha value is -6.79. The van der Waals surface area contributed by atoms with Crippen molar-refractivity contribution in [3.8, 4) is 5.69 Å². The molecule has 0 saturated heterocycles. The quantitative estimate of drug-likeness (QED) is 0.106. The molecule has 0 radical (unpaired) electrons. The molecule has 57 heavy (non-hydrogen) atoms. The van der Waals surface area contributed by atoms with Crippen LogP contribution in [-0.4, -0.2) is 20.7 Å². The SMILES string of the molecule is c1ccc([Si](c2ccccc2)(c2ccccc2)c2ccc([Si](c3ccccc3)(c3ccccc3)c3ccccc3)c(-n3c4ccccc4c4ccccc43)c2)cc1. The summed E-state index contributed by atoms with van der Waals surface area (Å²) in [4.78, 5) is 0. The molecule has 0 atom stereocenters. The second kappa shape index (κ2) is 14.7. The van der Waals surface area contributed by atoms with Crippen molar-refractivity contribution in [2.75, 3.05) is 0 Å². The summed E-state index contributed by atoms with van der Waals surface area (Å²) in [6.45, 7) is 0. The monoisotopic (exact) mass is 759 g/mol. The van der Waals surface area contributed by atoms with Crippen LogP contribution in [0.1, 0.15) is 0 Å². The zero-order valence-corrected chi connectivity index (χ0v) is 33.6. The second-order valence-corrected chi connectivity index (χ2v) is 22.4. The molecule has 0 aliphatic heterocycles. The van der Waals surface area contributed by atoms with Gasteiger partial charge >= 0.3 is 0 Å². The smallest absolute Gasteiger partial charge is 0.181 e. The molecule has 0 N–H and O–H groups in total. The van der Waals surface area contributed by atoms with Crippen LogP contribution >= 0.6 is 0 Å². The number of benzene rings is 9. The van der Waals surface area contributed by atoms with Crippen molar-refractivity contribution in [3.05, 3.63) is 249 Å². The lowest BCUT2D eigenvalue weighted by atomic mass is 10.2. The van der Waals surface area contributed by atoms with E-state index in [-0.39, 0.29) is 0 Å². The normalized spacial score (nSPS) is 11.9. The summed E-state index contributed by atoms with van der Waals surface area (Å²) >= 11 is 0. The Kier molecular flexibility index (Phi) is 8.95. The highest BCUT2D eigenvalue weighted by molar-refractivity contribution is 7.21. The molecule has 0 unspecified atom stereocenters. The van der Waals surface area contributed by atoms with Crippen LogP contribution in [0.5, 0.6) is 0 Å². The first kappa shape index (κ1) is 34.7. The molecule has 10 rings (SSSR count). The molecule has 0 aliphatic carbocycles. The van der Waals surface area contributed by atoms with Crippen LogP contribution < -0.4 is 41.5 Å². The van der Waals surface area contributed by atoms with E-state index in [0.29, 0.717) is 0 Å². The van der Waals surface area contributed by atoms with Gasteiger partial charge in [0.25, 0.3) is 0 Å². The van der Waals surface area contributed by atoms with Gasteiger partial charge in [0.15, 0.2) is 16.1 Å². The Morgan fingerprint density at radius 2 is 0.544 bits per heavy atom. The molecular formula is C54H41NSi2. The predicted molar refractivity (Wildman–Crippen MR) is 248 cm³/mol. The van der Waals surface area contributed by atoms with Gasteiger partial charge in [-0.25, -0.2) is 0 Å². The van der Waals surface area contributed by atoms with Gasteiger partial charge in [-0.05, 0) is 59.7 Å². The van der Waals surface area contributed by atoms with Gasteiger partial charge in [0.1, 0.15) is 0 Å². The maximum absolute atomic E-state index is 3.00. The Morgan fingerprint density at radius 1 is 0.246 bits per heavy atom. The van der Waals surface area contributed by atoms with Gasteiger partial charge in [-0.1, -0.05) is 231 Å². The lowest BCUT2D eigenvalue weighted by Crippen LogP contribution is -2.77. The molecule has 1 heterocycles. The Balaban J connectivity index is 1.43. The van der Waals surface area contributed by atoms with Crippen LogP contribution in [0.25, 0.3) is 27.5 Å². The minimum absolute atomic E-state index is 1.21. The van der Waals surface area contributed by atoms with Crippen LogP contribution in [0.4, 0.5) is 0 Å². The first-order valence-corrected chi connectivity index (χ1v) is 23.8. The first-order chi connectivity index (χ1) is 28.3. The average molecular weight is 760 g/mol. The number of fused-ring (bicyclic) bond motifs is 3. The van der Waals surface area contributed by atoms with Crippen molar-refractivity contribution in [2.45, 2.75) is 0 Å². The Labute approximate surface area is 336 Å². The van der Waals surface area contributed by atoms with Crippen molar-refractivity contribution in [1.82, 2.24) is 4.57 Å². The van der Waals surface area contributed by atoms with Crippen LogP contribution in [0.15, 0.2) is 249 Å². The summed E-state index contributed by atoms with van der Waals surface area (Å²) in [5, 5.41) is 13.4. The van der Waals surface area contributed by atoms with Gasteiger partial charge in [0, 0.05) is 16.5 Å². The van der Waals surface area contributed by atoms with E-state index >= 15 is 0 Å². The third-order valence-corrected chi connectivity index (χ3v) is 21.5. The molecule has 0 aliphatic rings. The van der Waals surface area contributed by atoms with E-state index < -0.39 is 16.1 Å². The van der Waals surface area contributed by atoms with E-state index in [1.807, 2.05) is 0 Å². The summed E-state index contributed by atoms with van der Waals surface area (Å²) in [5.74, 6) is 0. The van der Waals surface area contributed by atoms with Crippen LogP contribution in [0.3, 0.4) is 0 Å². The number of hydrogen-bond donors (Lipinski definition) is 0. The molecule has 1 nitrogen and oxygen atoms in total. The first-order valence-electron chi connectivity index (χ1n) is 19.8. The number of para-hydroxylation sites is 2. The summed E-state index contributed by atoms with van der Waals surface area (Å²) < 4.78 is 2.58. The molecule has 270 valence electrons. The fraction of sp³-hybridized carbons (Fsp3) is 0. The number of rotatable bonds is 9. The van der Waals surface area contributed by atoms with Gasteiger partial charge in [-0.15, -0.1) is 0 Å². The molecule has 9 aromatic carbocycles.